The molecule has 2 heterocycles. The molecule has 73 heavy (non-hydrogen) atoms. The van der Waals surface area contributed by atoms with Crippen LogP contribution in [0.3, 0.4) is 0 Å². The van der Waals surface area contributed by atoms with Gasteiger partial charge < -0.3 is 4.57 Å². The van der Waals surface area contributed by atoms with Crippen LogP contribution in [0.4, 0.5) is 0 Å². The van der Waals surface area contributed by atoms with Crippen molar-refractivity contribution in [3.05, 3.63) is 188 Å². The average Bonchev–Trinajstić information content (AvgIpc) is 3.98. The van der Waals surface area contributed by atoms with Crippen molar-refractivity contribution in [2.75, 3.05) is 0 Å². The molecule has 0 amide bonds. The number of nitrogens with zero attached hydrogens (tertiary/aromatic N) is 1. The third-order valence-electron chi connectivity index (χ3n) is 16.9. The van der Waals surface area contributed by atoms with Gasteiger partial charge in [-0.2, -0.15) is 0 Å². The maximum atomic E-state index is 2.65. The highest BCUT2D eigenvalue weighted by atomic mass is 32.3. The Kier molecular flexibility index (Phi) is 11.8. The first-order valence-corrected chi connectivity index (χ1v) is 28.1. The summed E-state index contributed by atoms with van der Waals surface area (Å²) in [5, 5.41) is 5.14. The second-order valence-corrected chi connectivity index (χ2v) is 24.4. The molecule has 0 aliphatic rings. The van der Waals surface area contributed by atoms with Crippen LogP contribution in [0.2, 0.25) is 0 Å². The van der Waals surface area contributed by atoms with Gasteiger partial charge in [-0.3, -0.25) is 0 Å². The summed E-state index contributed by atoms with van der Waals surface area (Å²) in [6.45, 7) is 0. The molecule has 0 aliphatic heterocycles. The van der Waals surface area contributed by atoms with Gasteiger partial charge in [-0.15, -0.1) is 54.1 Å². The summed E-state index contributed by atoms with van der Waals surface area (Å²) in [5.41, 5.74) is 24.7. The molecule has 0 atom stereocenters. The molecule has 0 radical (unpaired) electrons. The fraction of sp³-hybridized carbons (Fsp3) is 0. The van der Waals surface area contributed by atoms with E-state index in [0.717, 1.165) is 0 Å². The zero-order valence-electron chi connectivity index (χ0n) is 43.7. The molecule has 0 N–H and O–H groups in total. The molecule has 12 rings (SSSR count). The molecule has 0 unspecified atom stereocenters. The van der Waals surface area contributed by atoms with Gasteiger partial charge in [-0.05, 0) is 95.1 Å². The highest BCUT2D eigenvalue weighted by molar-refractivity contribution is 8.34. The van der Waals surface area contributed by atoms with Crippen LogP contribution >= 0.6 is 21.4 Å². The molecule has 13 heteroatoms. The minimum absolute atomic E-state index is 1.20. The molecule has 0 spiro atoms. The predicted molar refractivity (Wildman–Crippen MR) is 352 cm³/mol. The van der Waals surface area contributed by atoms with Crippen LogP contribution in [0.15, 0.2) is 208 Å². The monoisotopic (exact) mass is 959 g/mol. The van der Waals surface area contributed by atoms with E-state index in [-0.39, 0.29) is 0 Å². The molecular formula is C60H51B10NS2. The van der Waals surface area contributed by atoms with Gasteiger partial charge in [-0.1, -0.05) is 137 Å². The Labute approximate surface area is 444 Å². The average molecular weight is 958 g/mol. The lowest BCUT2D eigenvalue weighted by molar-refractivity contribution is 1.17. The number of para-hydroxylation sites is 1. The second-order valence-electron chi connectivity index (χ2n) is 20.3. The molecular weight excluding hydrogens is 907 g/mol. The van der Waals surface area contributed by atoms with Crippen molar-refractivity contribution in [1.82, 2.24) is 4.57 Å². The molecule has 0 saturated heterocycles. The normalized spacial score (nSPS) is 12.1. The highest BCUT2D eigenvalue weighted by Gasteiger charge is 2.36. The van der Waals surface area contributed by atoms with Crippen LogP contribution in [0.25, 0.3) is 81.0 Å². The summed E-state index contributed by atoms with van der Waals surface area (Å²) in [7, 11) is 21.3. The summed E-state index contributed by atoms with van der Waals surface area (Å²) in [6.07, 6.45) is 0. The zero-order chi connectivity index (χ0) is 50.4. The van der Waals surface area contributed by atoms with E-state index in [9.17, 15) is 0 Å². The van der Waals surface area contributed by atoms with Crippen molar-refractivity contribution in [2.45, 2.75) is 19.6 Å². The first-order chi connectivity index (χ1) is 35.4. The van der Waals surface area contributed by atoms with E-state index in [0.29, 0.717) is 0 Å². The lowest BCUT2D eigenvalue weighted by Gasteiger charge is -2.43. The first kappa shape index (κ1) is 47.2. The molecule has 0 bridgehead atoms. The van der Waals surface area contributed by atoms with Crippen LogP contribution in [0.1, 0.15) is 0 Å². The highest BCUT2D eigenvalue weighted by Crippen LogP contribution is 2.74. The zero-order valence-corrected chi connectivity index (χ0v) is 45.3. The molecule has 0 saturated carbocycles. The topological polar surface area (TPSA) is 4.93 Å². The number of fused-ring (bicyclic) bond motifs is 6. The van der Waals surface area contributed by atoms with Crippen molar-refractivity contribution in [3.63, 3.8) is 0 Å². The molecule has 338 valence electrons. The lowest BCUT2D eigenvalue weighted by Crippen LogP contribution is -2.55. The van der Waals surface area contributed by atoms with Crippen molar-refractivity contribution >= 4 is 196 Å². The van der Waals surface area contributed by atoms with E-state index in [1.807, 2.05) is 11.3 Å². The Morgan fingerprint density at radius 3 is 1.26 bits per heavy atom. The van der Waals surface area contributed by atoms with Gasteiger partial charge in [0.1, 0.15) is 78.5 Å². The van der Waals surface area contributed by atoms with Crippen LogP contribution in [-0.2, 0) is 0 Å². The summed E-state index contributed by atoms with van der Waals surface area (Å²) >= 11 is 1.90. The third-order valence-corrected chi connectivity index (χ3v) is 22.0. The number of benzene rings is 10. The Hall–Kier alpha value is -6.78. The molecule has 1 nitrogen and oxygen atoms in total. The number of thiophene rings is 1. The van der Waals surface area contributed by atoms with E-state index in [2.05, 4.69) is 271 Å². The van der Waals surface area contributed by atoms with Crippen molar-refractivity contribution in [2.24, 2.45) is 0 Å². The second kappa shape index (κ2) is 18.3. The lowest BCUT2D eigenvalue weighted by atomic mass is 9.58. The van der Waals surface area contributed by atoms with E-state index in [4.69, 9.17) is 0 Å². The number of rotatable bonds is 8. The maximum Gasteiger partial charge on any atom is 0.139 e. The van der Waals surface area contributed by atoms with Crippen molar-refractivity contribution in [3.8, 4) is 39.1 Å². The van der Waals surface area contributed by atoms with E-state index >= 15 is 0 Å². The number of aromatic nitrogens is 1. The van der Waals surface area contributed by atoms with E-state index in [1.54, 1.807) is 0 Å². The third kappa shape index (κ3) is 7.20. The standard InChI is InChI=1S/C60H51B10NS2/c61-49-47(50(62)54(66)57(69)53(49)65)42-30-36(73(33-15-4-1-5-16-33,34-17-6-2-7-18-34)35-19-8-3-9-20-35)31-43(48-51(63)55(67)58(70)56(68)52(48)64)59(42)71-44-25-12-10-21-38(44)41-29-32(27-28-45(41)71)37-23-14-24-40-39-22-11-13-26-46(39)72-60(37)40/h1-31H,61-70H2. The largest absolute Gasteiger partial charge is 0.308 e. The summed E-state index contributed by atoms with van der Waals surface area (Å²) in [6, 6.07) is 71.5. The van der Waals surface area contributed by atoms with Gasteiger partial charge in [0.15, 0.2) is 0 Å². The van der Waals surface area contributed by atoms with Gasteiger partial charge in [-0.25, -0.2) is 0 Å². The molecule has 0 aliphatic carbocycles. The van der Waals surface area contributed by atoms with E-state index < -0.39 is 10.0 Å². The Morgan fingerprint density at radius 2 is 0.740 bits per heavy atom. The van der Waals surface area contributed by atoms with Gasteiger partial charge in [0.25, 0.3) is 0 Å². The maximum absolute atomic E-state index is 2.65. The molecule has 0 fully saturated rings. The minimum atomic E-state index is -2.12. The Balaban J connectivity index is 1.30. The quantitative estimate of drug-likeness (QED) is 0.191. The SMILES string of the molecule is Bc1c(B)c(B)c(-c2cc(S(c3ccccc3)(c3ccccc3)c3ccccc3)cc(-c3c(B)c(B)c(B)c(B)c3B)c2-n2c3ccccc3c3cc(-c4cccc5c4sc4ccccc45)ccc32)c(B)c1B. The van der Waals surface area contributed by atoms with E-state index in [1.165, 1.54) is 155 Å². The fourth-order valence-corrected chi connectivity index (χ4v) is 17.4. The molecule has 2 aromatic heterocycles. The summed E-state index contributed by atoms with van der Waals surface area (Å²) in [5.74, 6) is 0. The minimum Gasteiger partial charge on any atom is -0.308 e. The van der Waals surface area contributed by atoms with Gasteiger partial charge in [0.05, 0.1) is 16.7 Å². The van der Waals surface area contributed by atoms with Gasteiger partial charge in [0, 0.05) is 61.7 Å². The van der Waals surface area contributed by atoms with Crippen LogP contribution in [0.5, 0.6) is 0 Å². The Bertz CT molecular complexity index is 3970. The molecule has 12 aromatic rings. The van der Waals surface area contributed by atoms with Crippen LogP contribution in [-0.4, -0.2) is 83.0 Å². The van der Waals surface area contributed by atoms with Crippen molar-refractivity contribution in [1.29, 1.82) is 0 Å². The van der Waals surface area contributed by atoms with Crippen molar-refractivity contribution < 1.29 is 0 Å². The summed E-state index contributed by atoms with van der Waals surface area (Å²) in [4.78, 5) is 5.24. The van der Waals surface area contributed by atoms with Crippen LogP contribution in [0, 0.1) is 0 Å². The smallest absolute Gasteiger partial charge is 0.139 e. The number of hydrogen-bond acceptors (Lipinski definition) is 1. The summed E-state index contributed by atoms with van der Waals surface area (Å²) < 4.78 is 5.31. The molecule has 10 aromatic carbocycles. The predicted octanol–water partition coefficient (Wildman–Crippen LogP) is 0.0774. The fourth-order valence-electron chi connectivity index (χ4n) is 12.3. The van der Waals surface area contributed by atoms with Gasteiger partial charge in [0.2, 0.25) is 0 Å². The number of hydrogen-bond donors (Lipinski definition) is 0. The van der Waals surface area contributed by atoms with Crippen LogP contribution < -0.4 is 54.6 Å². The first-order valence-electron chi connectivity index (χ1n) is 25.7. The Morgan fingerprint density at radius 1 is 0.315 bits per heavy atom. The van der Waals surface area contributed by atoms with Gasteiger partial charge >= 0.3 is 0 Å².